The maximum absolute atomic E-state index is 5.89. The van der Waals surface area contributed by atoms with Crippen LogP contribution in [0.4, 0.5) is 0 Å². The van der Waals surface area contributed by atoms with Gasteiger partial charge in [0.1, 0.15) is 5.60 Å². The van der Waals surface area contributed by atoms with E-state index in [1.807, 2.05) is 0 Å². The summed E-state index contributed by atoms with van der Waals surface area (Å²) in [6, 6.07) is 0. The van der Waals surface area contributed by atoms with Crippen LogP contribution in [0.2, 0.25) is 0 Å². The molecule has 1 rings (SSSR count). The lowest BCUT2D eigenvalue weighted by Crippen LogP contribution is -2.36. The fourth-order valence-electron chi connectivity index (χ4n) is 1.71. The van der Waals surface area contributed by atoms with E-state index in [9.17, 15) is 0 Å². The van der Waals surface area contributed by atoms with E-state index in [1.54, 1.807) is 0 Å². The maximum atomic E-state index is 5.89. The first kappa shape index (κ1) is 12.4. The minimum atomic E-state index is -0.0832. The number of hydrogen-bond donors (Lipinski definition) is 0. The largest absolute Gasteiger partial charge is 0.474 e. The molecule has 0 radical (unpaired) electrons. The van der Waals surface area contributed by atoms with Crippen LogP contribution in [-0.4, -0.2) is 23.6 Å². The predicted octanol–water partition coefficient (Wildman–Crippen LogP) is 3.39. The fourth-order valence-corrected chi connectivity index (χ4v) is 1.71. The molecule has 0 aromatic rings. The van der Waals surface area contributed by atoms with E-state index in [2.05, 4.69) is 39.2 Å². The molecule has 2 nitrogen and oxygen atoms in total. The van der Waals surface area contributed by atoms with Gasteiger partial charge in [0.05, 0.1) is 0 Å². The lowest BCUT2D eigenvalue weighted by molar-refractivity contribution is -0.0191. The third-order valence-corrected chi connectivity index (χ3v) is 3.38. The van der Waals surface area contributed by atoms with Gasteiger partial charge in [0.15, 0.2) is 5.88 Å². The summed E-state index contributed by atoms with van der Waals surface area (Å²) in [5.41, 5.74) is -0.0832. The summed E-state index contributed by atoms with van der Waals surface area (Å²) in [7, 11) is 0. The highest BCUT2D eigenvalue weighted by molar-refractivity contribution is 4.89. The second-order valence-electron chi connectivity index (χ2n) is 5.28. The van der Waals surface area contributed by atoms with Crippen molar-refractivity contribution in [1.82, 2.24) is 4.90 Å². The van der Waals surface area contributed by atoms with Crippen molar-refractivity contribution in [2.75, 3.05) is 13.1 Å². The van der Waals surface area contributed by atoms with Gasteiger partial charge in [-0.05, 0) is 45.6 Å². The molecule has 0 saturated carbocycles. The molecule has 0 atom stereocenters. The molecular weight excluding hydrogens is 186 g/mol. The van der Waals surface area contributed by atoms with Crippen molar-refractivity contribution in [3.63, 3.8) is 0 Å². The molecule has 0 spiro atoms. The number of rotatable bonds is 4. The SMILES string of the molecule is C=C(OC(C)(C)CC)N1CCC(C)CC1. The zero-order valence-electron chi connectivity index (χ0n) is 10.7. The van der Waals surface area contributed by atoms with Gasteiger partial charge in [0, 0.05) is 13.1 Å². The lowest BCUT2D eigenvalue weighted by atomic mass is 9.99. The Morgan fingerprint density at radius 3 is 2.40 bits per heavy atom. The van der Waals surface area contributed by atoms with Crippen LogP contribution in [0.15, 0.2) is 12.5 Å². The predicted molar refractivity (Wildman–Crippen MR) is 64.6 cm³/mol. The second kappa shape index (κ2) is 4.91. The van der Waals surface area contributed by atoms with Crippen molar-refractivity contribution in [3.8, 4) is 0 Å². The van der Waals surface area contributed by atoms with Crippen molar-refractivity contribution in [2.24, 2.45) is 5.92 Å². The first-order chi connectivity index (χ1) is 6.94. The maximum Gasteiger partial charge on any atom is 0.182 e. The van der Waals surface area contributed by atoms with Crippen LogP contribution in [0, 0.1) is 5.92 Å². The molecule has 1 saturated heterocycles. The summed E-state index contributed by atoms with van der Waals surface area (Å²) in [5, 5.41) is 0. The van der Waals surface area contributed by atoms with Gasteiger partial charge >= 0.3 is 0 Å². The summed E-state index contributed by atoms with van der Waals surface area (Å²) >= 11 is 0. The Kier molecular flexibility index (Phi) is 4.06. The van der Waals surface area contributed by atoms with Crippen LogP contribution in [-0.2, 0) is 4.74 Å². The first-order valence-electron chi connectivity index (χ1n) is 6.07. The van der Waals surface area contributed by atoms with Gasteiger partial charge in [-0.1, -0.05) is 13.8 Å². The summed E-state index contributed by atoms with van der Waals surface area (Å²) in [5.74, 6) is 1.71. The second-order valence-corrected chi connectivity index (χ2v) is 5.28. The van der Waals surface area contributed by atoms with Gasteiger partial charge in [-0.15, -0.1) is 0 Å². The zero-order chi connectivity index (χ0) is 11.5. The van der Waals surface area contributed by atoms with Gasteiger partial charge in [-0.3, -0.25) is 0 Å². The zero-order valence-corrected chi connectivity index (χ0v) is 10.7. The van der Waals surface area contributed by atoms with E-state index >= 15 is 0 Å². The van der Waals surface area contributed by atoms with Gasteiger partial charge in [0.25, 0.3) is 0 Å². The minimum absolute atomic E-state index is 0.0832. The van der Waals surface area contributed by atoms with E-state index in [-0.39, 0.29) is 5.60 Å². The summed E-state index contributed by atoms with van der Waals surface area (Å²) in [6.07, 6.45) is 3.53. The molecule has 1 aliphatic rings. The normalized spacial score (nSPS) is 19.1. The molecular formula is C13H25NO. The summed E-state index contributed by atoms with van der Waals surface area (Å²) < 4.78 is 5.89. The lowest BCUT2D eigenvalue weighted by Gasteiger charge is -2.36. The Morgan fingerprint density at radius 1 is 1.40 bits per heavy atom. The minimum Gasteiger partial charge on any atom is -0.474 e. The fraction of sp³-hybridized carbons (Fsp3) is 0.846. The molecule has 0 amide bonds. The van der Waals surface area contributed by atoms with E-state index in [4.69, 9.17) is 4.74 Å². The number of hydrogen-bond acceptors (Lipinski definition) is 2. The van der Waals surface area contributed by atoms with Gasteiger partial charge < -0.3 is 9.64 Å². The quantitative estimate of drug-likeness (QED) is 0.661. The number of ether oxygens (including phenoxy) is 1. The molecule has 1 fully saturated rings. The van der Waals surface area contributed by atoms with Crippen molar-refractivity contribution in [3.05, 3.63) is 12.5 Å². The Labute approximate surface area is 94.3 Å². The summed E-state index contributed by atoms with van der Waals surface area (Å²) in [4.78, 5) is 2.28. The van der Waals surface area contributed by atoms with Gasteiger partial charge in [0.2, 0.25) is 0 Å². The van der Waals surface area contributed by atoms with Gasteiger partial charge in [-0.2, -0.15) is 0 Å². The van der Waals surface area contributed by atoms with E-state index in [0.29, 0.717) is 0 Å². The van der Waals surface area contributed by atoms with E-state index in [1.165, 1.54) is 12.8 Å². The van der Waals surface area contributed by atoms with Crippen molar-refractivity contribution in [1.29, 1.82) is 0 Å². The molecule has 0 N–H and O–H groups in total. The van der Waals surface area contributed by atoms with Gasteiger partial charge in [-0.25, -0.2) is 0 Å². The molecule has 15 heavy (non-hydrogen) atoms. The third-order valence-electron chi connectivity index (χ3n) is 3.38. The number of nitrogens with zero attached hydrogens (tertiary/aromatic N) is 1. The number of piperidine rings is 1. The first-order valence-corrected chi connectivity index (χ1v) is 6.07. The van der Waals surface area contributed by atoms with Crippen LogP contribution in [0.25, 0.3) is 0 Å². The van der Waals surface area contributed by atoms with Crippen LogP contribution in [0.1, 0.15) is 47.0 Å². The molecule has 1 heterocycles. The monoisotopic (exact) mass is 211 g/mol. The average molecular weight is 211 g/mol. The van der Waals surface area contributed by atoms with Crippen molar-refractivity contribution in [2.45, 2.75) is 52.6 Å². The highest BCUT2D eigenvalue weighted by Gasteiger charge is 2.22. The van der Waals surface area contributed by atoms with Crippen LogP contribution < -0.4 is 0 Å². The molecule has 0 bridgehead atoms. The Bertz CT molecular complexity index is 215. The smallest absolute Gasteiger partial charge is 0.182 e. The molecule has 1 aliphatic heterocycles. The van der Waals surface area contributed by atoms with Crippen LogP contribution in [0.5, 0.6) is 0 Å². The Morgan fingerprint density at radius 2 is 1.93 bits per heavy atom. The highest BCUT2D eigenvalue weighted by Crippen LogP contribution is 2.24. The van der Waals surface area contributed by atoms with Crippen LogP contribution >= 0.6 is 0 Å². The third kappa shape index (κ3) is 3.77. The average Bonchev–Trinajstić information content (AvgIpc) is 2.18. The number of likely N-dealkylation sites (tertiary alicyclic amines) is 1. The van der Waals surface area contributed by atoms with Crippen molar-refractivity contribution < 1.29 is 4.74 Å². The topological polar surface area (TPSA) is 12.5 Å². The van der Waals surface area contributed by atoms with Crippen molar-refractivity contribution >= 4 is 0 Å². The Balaban J connectivity index is 2.41. The Hall–Kier alpha value is -0.660. The molecule has 0 unspecified atom stereocenters. The van der Waals surface area contributed by atoms with E-state index < -0.39 is 0 Å². The summed E-state index contributed by atoms with van der Waals surface area (Å²) in [6.45, 7) is 14.9. The highest BCUT2D eigenvalue weighted by atomic mass is 16.5. The van der Waals surface area contributed by atoms with Crippen LogP contribution in [0.3, 0.4) is 0 Å². The molecule has 88 valence electrons. The standard InChI is InChI=1S/C13H25NO/c1-6-13(4,5)15-12(3)14-9-7-11(2)8-10-14/h11H,3,6-10H2,1-2,4-5H3. The molecule has 0 aliphatic carbocycles. The molecule has 0 aromatic heterocycles. The molecule has 0 aromatic carbocycles. The van der Waals surface area contributed by atoms with E-state index in [0.717, 1.165) is 31.3 Å². The molecule has 2 heteroatoms.